The van der Waals surface area contributed by atoms with Crippen LogP contribution < -0.4 is 16.0 Å². The van der Waals surface area contributed by atoms with Crippen LogP contribution in [0.2, 0.25) is 0 Å². The highest BCUT2D eigenvalue weighted by Crippen LogP contribution is 2.30. The summed E-state index contributed by atoms with van der Waals surface area (Å²) in [5, 5.41) is 8.66. The molecule has 0 fully saturated rings. The molecular weight excluding hydrogens is 443 g/mol. The number of carbonyl (C=O) groups excluding carboxylic acids is 1. The van der Waals surface area contributed by atoms with E-state index in [0.717, 1.165) is 39.0 Å². The molecule has 35 heavy (non-hydrogen) atoms. The summed E-state index contributed by atoms with van der Waals surface area (Å²) < 4.78 is 15.7. The minimum absolute atomic E-state index is 0.274. The van der Waals surface area contributed by atoms with E-state index >= 15 is 0 Å². The van der Waals surface area contributed by atoms with Gasteiger partial charge in [0.1, 0.15) is 5.82 Å². The lowest BCUT2D eigenvalue weighted by atomic mass is 10.1. The number of urea groups is 1. The number of nitrogens with zero attached hydrogens (tertiary/aromatic N) is 3. The van der Waals surface area contributed by atoms with Gasteiger partial charge in [0.05, 0.1) is 22.9 Å². The molecule has 3 aromatic carbocycles. The van der Waals surface area contributed by atoms with Gasteiger partial charge in [-0.1, -0.05) is 24.3 Å². The number of hydrogen-bond acceptors (Lipinski definition) is 4. The van der Waals surface area contributed by atoms with Gasteiger partial charge in [0.2, 0.25) is 0 Å². The van der Waals surface area contributed by atoms with E-state index < -0.39 is 0 Å². The van der Waals surface area contributed by atoms with E-state index in [-0.39, 0.29) is 11.8 Å². The van der Waals surface area contributed by atoms with Gasteiger partial charge >= 0.3 is 6.03 Å². The molecule has 5 rings (SSSR count). The summed E-state index contributed by atoms with van der Waals surface area (Å²) >= 11 is 0. The third-order valence-corrected chi connectivity index (χ3v) is 6.05. The molecule has 0 saturated carbocycles. The first-order valence-corrected chi connectivity index (χ1v) is 11.3. The van der Waals surface area contributed by atoms with E-state index in [4.69, 9.17) is 9.97 Å². The second-order valence-corrected chi connectivity index (χ2v) is 8.45. The predicted octanol–water partition coefficient (Wildman–Crippen LogP) is 5.67. The lowest BCUT2D eigenvalue weighted by molar-refractivity contribution is 0.254. The standard InChI is InChI=1S/C27H25FN6O/c1-16-11-22-23(12-17(16)2)34-24(19-7-9-21(10-8-19)32-27(35)29-3)15-31-26(34)25(33-22)30-14-18-5-4-6-20(28)13-18/h4-13,15H,14H2,1-3H3,(H,30,33)(H2,29,32,35). The fourth-order valence-corrected chi connectivity index (χ4v) is 4.06. The number of benzene rings is 3. The number of imidazole rings is 1. The van der Waals surface area contributed by atoms with Crippen LogP contribution in [0, 0.1) is 19.7 Å². The minimum atomic E-state index is -0.274. The van der Waals surface area contributed by atoms with Crippen molar-refractivity contribution in [3.8, 4) is 11.3 Å². The smallest absolute Gasteiger partial charge is 0.318 e. The van der Waals surface area contributed by atoms with Gasteiger partial charge in [-0.3, -0.25) is 4.40 Å². The molecule has 7 nitrogen and oxygen atoms in total. The zero-order valence-electron chi connectivity index (χ0n) is 19.7. The Morgan fingerprint density at radius 2 is 1.80 bits per heavy atom. The van der Waals surface area contributed by atoms with E-state index in [2.05, 4.69) is 46.3 Å². The van der Waals surface area contributed by atoms with Crippen LogP contribution in [0.25, 0.3) is 27.9 Å². The van der Waals surface area contributed by atoms with Crippen LogP contribution in [-0.4, -0.2) is 27.4 Å². The monoisotopic (exact) mass is 468 g/mol. The number of rotatable bonds is 5. The Bertz CT molecular complexity index is 1560. The average Bonchev–Trinajstić information content (AvgIpc) is 3.30. The average molecular weight is 469 g/mol. The molecule has 2 aromatic heterocycles. The molecule has 0 spiro atoms. The largest absolute Gasteiger partial charge is 0.363 e. The molecule has 8 heteroatoms. The Labute approximate surface area is 202 Å². The number of fused-ring (bicyclic) bond motifs is 3. The van der Waals surface area contributed by atoms with Gasteiger partial charge in [0.15, 0.2) is 11.5 Å². The molecule has 0 aliphatic rings. The molecule has 0 bridgehead atoms. The Morgan fingerprint density at radius 3 is 2.54 bits per heavy atom. The van der Waals surface area contributed by atoms with Crippen LogP contribution in [0.5, 0.6) is 0 Å². The summed E-state index contributed by atoms with van der Waals surface area (Å²) in [4.78, 5) is 21.2. The highest BCUT2D eigenvalue weighted by Gasteiger charge is 2.16. The summed E-state index contributed by atoms with van der Waals surface area (Å²) in [6.45, 7) is 4.55. The summed E-state index contributed by atoms with van der Waals surface area (Å²) in [5.74, 6) is 0.346. The Kier molecular flexibility index (Phi) is 5.78. The third-order valence-electron chi connectivity index (χ3n) is 6.05. The van der Waals surface area contributed by atoms with Crippen molar-refractivity contribution < 1.29 is 9.18 Å². The van der Waals surface area contributed by atoms with Crippen LogP contribution in [0.15, 0.2) is 66.9 Å². The Hall–Kier alpha value is -4.46. The second-order valence-electron chi connectivity index (χ2n) is 8.45. The maximum atomic E-state index is 13.7. The summed E-state index contributed by atoms with van der Waals surface area (Å²) in [6, 6.07) is 18.0. The van der Waals surface area contributed by atoms with Crippen molar-refractivity contribution in [1.29, 1.82) is 0 Å². The number of anilines is 2. The van der Waals surface area contributed by atoms with E-state index in [9.17, 15) is 9.18 Å². The van der Waals surface area contributed by atoms with Crippen molar-refractivity contribution in [3.05, 3.63) is 89.4 Å². The van der Waals surface area contributed by atoms with Crippen LogP contribution in [-0.2, 0) is 6.54 Å². The van der Waals surface area contributed by atoms with Gasteiger partial charge in [-0.15, -0.1) is 0 Å². The maximum Gasteiger partial charge on any atom is 0.318 e. The lowest BCUT2D eigenvalue weighted by Crippen LogP contribution is -2.24. The number of carbonyl (C=O) groups is 1. The molecule has 3 N–H and O–H groups in total. The SMILES string of the molecule is CNC(=O)Nc1ccc(-c2cnc3c(NCc4cccc(F)c4)nc4cc(C)c(C)cc4n23)cc1. The molecule has 0 aliphatic carbocycles. The topological polar surface area (TPSA) is 83.3 Å². The van der Waals surface area contributed by atoms with Crippen molar-refractivity contribution in [2.75, 3.05) is 17.7 Å². The predicted molar refractivity (Wildman–Crippen MR) is 137 cm³/mol. The van der Waals surface area contributed by atoms with Gasteiger partial charge in [-0.25, -0.2) is 19.2 Å². The molecular formula is C27H25FN6O. The van der Waals surface area contributed by atoms with Crippen molar-refractivity contribution in [2.24, 2.45) is 0 Å². The first-order valence-electron chi connectivity index (χ1n) is 11.3. The minimum Gasteiger partial charge on any atom is -0.363 e. The van der Waals surface area contributed by atoms with Crippen molar-refractivity contribution >= 4 is 34.2 Å². The van der Waals surface area contributed by atoms with Gasteiger partial charge in [-0.05, 0) is 66.9 Å². The van der Waals surface area contributed by atoms with E-state index in [1.165, 1.54) is 12.1 Å². The first kappa shape index (κ1) is 22.3. The third kappa shape index (κ3) is 4.38. The fourth-order valence-electron chi connectivity index (χ4n) is 4.06. The molecule has 2 heterocycles. The summed E-state index contributed by atoms with van der Waals surface area (Å²) in [5.41, 5.74) is 8.11. The van der Waals surface area contributed by atoms with Gasteiger partial charge in [0.25, 0.3) is 0 Å². The van der Waals surface area contributed by atoms with E-state index in [1.807, 2.05) is 36.5 Å². The van der Waals surface area contributed by atoms with E-state index in [1.54, 1.807) is 13.1 Å². The molecule has 0 radical (unpaired) electrons. The Morgan fingerprint density at radius 1 is 1.03 bits per heavy atom. The van der Waals surface area contributed by atoms with Gasteiger partial charge in [-0.2, -0.15) is 0 Å². The van der Waals surface area contributed by atoms with Crippen molar-refractivity contribution in [2.45, 2.75) is 20.4 Å². The van der Waals surface area contributed by atoms with Crippen LogP contribution in [0.1, 0.15) is 16.7 Å². The molecule has 0 unspecified atom stereocenters. The molecule has 0 aliphatic heterocycles. The summed E-state index contributed by atoms with van der Waals surface area (Å²) in [6.07, 6.45) is 1.82. The highest BCUT2D eigenvalue weighted by atomic mass is 19.1. The van der Waals surface area contributed by atoms with Gasteiger partial charge < -0.3 is 16.0 Å². The number of nitrogens with one attached hydrogen (secondary N) is 3. The zero-order chi connectivity index (χ0) is 24.5. The molecule has 0 atom stereocenters. The summed E-state index contributed by atoms with van der Waals surface area (Å²) in [7, 11) is 1.57. The van der Waals surface area contributed by atoms with Gasteiger partial charge in [0, 0.05) is 24.8 Å². The zero-order valence-corrected chi connectivity index (χ0v) is 19.7. The van der Waals surface area contributed by atoms with Crippen LogP contribution in [0.4, 0.5) is 20.7 Å². The van der Waals surface area contributed by atoms with Crippen molar-refractivity contribution in [3.63, 3.8) is 0 Å². The number of aryl methyl sites for hydroxylation is 2. The Balaban J connectivity index is 1.61. The quantitative estimate of drug-likeness (QED) is 0.310. The van der Waals surface area contributed by atoms with Crippen molar-refractivity contribution in [1.82, 2.24) is 19.7 Å². The lowest BCUT2D eigenvalue weighted by Gasteiger charge is -2.13. The molecule has 176 valence electrons. The molecule has 2 amide bonds. The van der Waals surface area contributed by atoms with Crippen LogP contribution in [0.3, 0.4) is 0 Å². The van der Waals surface area contributed by atoms with E-state index in [0.29, 0.717) is 23.7 Å². The normalized spacial score (nSPS) is 11.1. The molecule has 0 saturated heterocycles. The number of hydrogen-bond donors (Lipinski definition) is 3. The number of aromatic nitrogens is 3. The van der Waals surface area contributed by atoms with Crippen LogP contribution >= 0.6 is 0 Å². The second kappa shape index (κ2) is 9.06. The molecule has 5 aromatic rings. The number of amides is 2. The number of halogens is 1. The maximum absolute atomic E-state index is 13.7. The first-order chi connectivity index (χ1) is 16.9. The highest BCUT2D eigenvalue weighted by molar-refractivity contribution is 5.90. The fraction of sp³-hybridized carbons (Fsp3) is 0.148.